The molecule has 0 N–H and O–H groups in total. The van der Waals surface area contributed by atoms with Crippen LogP contribution in [0.3, 0.4) is 0 Å². The normalized spacial score (nSPS) is 32.3. The lowest BCUT2D eigenvalue weighted by atomic mass is 9.81. The van der Waals surface area contributed by atoms with Crippen molar-refractivity contribution in [1.82, 2.24) is 9.88 Å². The predicted octanol–water partition coefficient (Wildman–Crippen LogP) is 2.51. The van der Waals surface area contributed by atoms with Crippen molar-refractivity contribution in [2.45, 2.75) is 29.4 Å². The second kappa shape index (κ2) is 5.03. The lowest BCUT2D eigenvalue weighted by Crippen LogP contribution is -2.33. The SMILES string of the molecule is O=C1[C@@H]2[C@@H](C(=O)N1CSc1nc3ccccc3s1)[C@@H]1CC[C@@H]2O1. The molecule has 118 valence electrons. The number of para-hydroxylation sites is 1. The fourth-order valence-corrected chi connectivity index (χ4v) is 5.95. The Balaban J connectivity index is 1.35. The molecule has 0 saturated carbocycles. The molecule has 2 aromatic rings. The molecule has 5 nitrogen and oxygen atoms in total. The first-order valence-electron chi connectivity index (χ1n) is 7.71. The number of imide groups is 1. The fourth-order valence-electron chi connectivity index (χ4n) is 3.93. The molecule has 5 rings (SSSR count). The highest BCUT2D eigenvalue weighted by Gasteiger charge is 2.62. The smallest absolute Gasteiger partial charge is 0.236 e. The molecule has 2 bridgehead atoms. The highest BCUT2D eigenvalue weighted by Crippen LogP contribution is 2.49. The topological polar surface area (TPSA) is 59.5 Å². The number of amides is 2. The van der Waals surface area contributed by atoms with E-state index in [0.717, 1.165) is 27.4 Å². The minimum absolute atomic E-state index is 0.0427. The van der Waals surface area contributed by atoms with Crippen molar-refractivity contribution in [2.75, 3.05) is 5.88 Å². The summed E-state index contributed by atoms with van der Waals surface area (Å²) in [5, 5.41) is 0. The summed E-state index contributed by atoms with van der Waals surface area (Å²) in [7, 11) is 0. The number of fused-ring (bicyclic) bond motifs is 6. The maximum Gasteiger partial charge on any atom is 0.236 e. The Bertz CT molecular complexity index is 760. The molecule has 7 heteroatoms. The van der Waals surface area contributed by atoms with Crippen LogP contribution in [0.4, 0.5) is 0 Å². The number of rotatable bonds is 3. The van der Waals surface area contributed by atoms with Crippen LogP contribution >= 0.6 is 23.1 Å². The number of ether oxygens (including phenoxy) is 1. The summed E-state index contributed by atoms with van der Waals surface area (Å²) in [5.41, 5.74) is 0.961. The first kappa shape index (κ1) is 13.9. The van der Waals surface area contributed by atoms with Gasteiger partial charge in [0.25, 0.3) is 0 Å². The number of thioether (sulfide) groups is 1. The summed E-state index contributed by atoms with van der Waals surface area (Å²) in [6.07, 6.45) is 1.73. The summed E-state index contributed by atoms with van der Waals surface area (Å²) in [6.45, 7) is 0. The number of hydrogen-bond acceptors (Lipinski definition) is 6. The van der Waals surface area contributed by atoms with Crippen LogP contribution in [-0.2, 0) is 14.3 Å². The largest absolute Gasteiger partial charge is 0.373 e. The summed E-state index contributed by atoms with van der Waals surface area (Å²) in [5.74, 6) is -0.236. The van der Waals surface area contributed by atoms with Gasteiger partial charge < -0.3 is 4.74 Å². The summed E-state index contributed by atoms with van der Waals surface area (Å²) in [6, 6.07) is 7.95. The van der Waals surface area contributed by atoms with E-state index in [9.17, 15) is 9.59 Å². The maximum absolute atomic E-state index is 12.6. The predicted molar refractivity (Wildman–Crippen MR) is 87.1 cm³/mol. The van der Waals surface area contributed by atoms with E-state index < -0.39 is 0 Å². The van der Waals surface area contributed by atoms with Gasteiger partial charge in [-0.05, 0) is 25.0 Å². The molecule has 1 aromatic heterocycles. The van der Waals surface area contributed by atoms with Gasteiger partial charge in [0.1, 0.15) is 0 Å². The van der Waals surface area contributed by atoms with Gasteiger partial charge in [-0.2, -0.15) is 0 Å². The highest BCUT2D eigenvalue weighted by molar-refractivity contribution is 8.01. The van der Waals surface area contributed by atoms with Crippen LogP contribution < -0.4 is 0 Å². The van der Waals surface area contributed by atoms with E-state index in [4.69, 9.17) is 4.74 Å². The van der Waals surface area contributed by atoms with Crippen molar-refractivity contribution < 1.29 is 14.3 Å². The van der Waals surface area contributed by atoms with Gasteiger partial charge in [-0.25, -0.2) is 4.98 Å². The molecule has 0 radical (unpaired) electrons. The number of carbonyl (C=O) groups excluding carboxylic acids is 2. The van der Waals surface area contributed by atoms with Crippen LogP contribution in [0.25, 0.3) is 10.2 Å². The average molecular weight is 346 g/mol. The molecule has 3 aliphatic rings. The van der Waals surface area contributed by atoms with E-state index in [-0.39, 0.29) is 35.9 Å². The standard InChI is InChI=1S/C16H14N2O3S2/c19-14-12-9-5-6-10(21-9)13(12)15(20)18(14)7-22-16-17-8-3-1-2-4-11(8)23-16/h1-4,9-10,12-13H,5-7H2/t9-,10-,12-,13-/m0/s1. The lowest BCUT2D eigenvalue weighted by molar-refractivity contribution is -0.141. The lowest BCUT2D eigenvalue weighted by Gasteiger charge is -2.16. The van der Waals surface area contributed by atoms with Crippen LogP contribution in [0.15, 0.2) is 28.6 Å². The molecule has 4 heterocycles. The van der Waals surface area contributed by atoms with E-state index in [0.29, 0.717) is 5.88 Å². The molecule has 23 heavy (non-hydrogen) atoms. The monoisotopic (exact) mass is 346 g/mol. The van der Waals surface area contributed by atoms with Crippen molar-refractivity contribution in [3.05, 3.63) is 24.3 Å². The van der Waals surface area contributed by atoms with E-state index in [1.807, 2.05) is 24.3 Å². The van der Waals surface area contributed by atoms with Crippen LogP contribution in [0, 0.1) is 11.8 Å². The summed E-state index contributed by atoms with van der Waals surface area (Å²) >= 11 is 3.06. The number of carbonyl (C=O) groups is 2. The molecule has 1 aromatic carbocycles. The van der Waals surface area contributed by atoms with Gasteiger partial charge in [0.05, 0.1) is 40.1 Å². The summed E-state index contributed by atoms with van der Waals surface area (Å²) < 4.78 is 7.76. The van der Waals surface area contributed by atoms with E-state index in [1.165, 1.54) is 16.7 Å². The molecule has 3 saturated heterocycles. The third kappa shape index (κ3) is 2.00. The molecule has 2 amide bonds. The third-order valence-electron chi connectivity index (χ3n) is 4.97. The quantitative estimate of drug-likeness (QED) is 0.631. The van der Waals surface area contributed by atoms with Gasteiger partial charge in [0.2, 0.25) is 11.8 Å². The van der Waals surface area contributed by atoms with Crippen molar-refractivity contribution in [3.63, 3.8) is 0 Å². The molecular weight excluding hydrogens is 332 g/mol. The first-order chi connectivity index (χ1) is 11.2. The van der Waals surface area contributed by atoms with Crippen molar-refractivity contribution >= 4 is 45.1 Å². The minimum atomic E-state index is -0.239. The number of thiazole rings is 1. The van der Waals surface area contributed by atoms with E-state index in [2.05, 4.69) is 4.98 Å². The zero-order chi connectivity index (χ0) is 15.6. The Morgan fingerprint density at radius 2 is 1.87 bits per heavy atom. The number of likely N-dealkylation sites (tertiary alicyclic amines) is 1. The second-order valence-corrected chi connectivity index (χ2v) is 8.39. The summed E-state index contributed by atoms with van der Waals surface area (Å²) in [4.78, 5) is 31.1. The molecule has 0 aliphatic carbocycles. The Hall–Kier alpha value is -1.44. The van der Waals surface area contributed by atoms with Crippen molar-refractivity contribution in [1.29, 1.82) is 0 Å². The van der Waals surface area contributed by atoms with Gasteiger partial charge in [0.15, 0.2) is 4.34 Å². The Morgan fingerprint density at radius 1 is 1.17 bits per heavy atom. The van der Waals surface area contributed by atoms with E-state index >= 15 is 0 Å². The van der Waals surface area contributed by atoms with Gasteiger partial charge in [-0.15, -0.1) is 11.3 Å². The van der Waals surface area contributed by atoms with Crippen molar-refractivity contribution in [3.8, 4) is 0 Å². The zero-order valence-electron chi connectivity index (χ0n) is 12.2. The van der Waals surface area contributed by atoms with E-state index in [1.54, 1.807) is 11.3 Å². The zero-order valence-corrected chi connectivity index (χ0v) is 13.8. The third-order valence-corrected chi connectivity index (χ3v) is 7.13. The van der Waals surface area contributed by atoms with Crippen LogP contribution in [0.5, 0.6) is 0 Å². The fraction of sp³-hybridized carbons (Fsp3) is 0.438. The minimum Gasteiger partial charge on any atom is -0.373 e. The number of hydrogen-bond donors (Lipinski definition) is 0. The Labute approximate surface area is 141 Å². The molecule has 0 unspecified atom stereocenters. The second-order valence-electron chi connectivity index (χ2n) is 6.17. The number of nitrogens with zero attached hydrogens (tertiary/aromatic N) is 2. The van der Waals surface area contributed by atoms with Crippen LogP contribution in [0.1, 0.15) is 12.8 Å². The van der Waals surface area contributed by atoms with Gasteiger partial charge in [0, 0.05) is 0 Å². The van der Waals surface area contributed by atoms with Gasteiger partial charge in [-0.1, -0.05) is 23.9 Å². The van der Waals surface area contributed by atoms with Gasteiger partial charge >= 0.3 is 0 Å². The van der Waals surface area contributed by atoms with Crippen LogP contribution in [0.2, 0.25) is 0 Å². The maximum atomic E-state index is 12.6. The Kier molecular flexibility index (Phi) is 3.05. The Morgan fingerprint density at radius 3 is 2.57 bits per heavy atom. The highest BCUT2D eigenvalue weighted by atomic mass is 32.2. The number of aromatic nitrogens is 1. The first-order valence-corrected chi connectivity index (χ1v) is 9.51. The molecule has 3 fully saturated rings. The van der Waals surface area contributed by atoms with Crippen LogP contribution in [-0.4, -0.2) is 39.8 Å². The molecule has 0 spiro atoms. The number of benzene rings is 1. The average Bonchev–Trinajstić information content (AvgIpc) is 3.29. The molecule has 3 aliphatic heterocycles. The van der Waals surface area contributed by atoms with Crippen molar-refractivity contribution in [2.24, 2.45) is 11.8 Å². The molecular formula is C16H14N2O3S2. The molecule has 4 atom stereocenters. The van der Waals surface area contributed by atoms with Gasteiger partial charge in [-0.3, -0.25) is 14.5 Å².